The van der Waals surface area contributed by atoms with Crippen molar-refractivity contribution in [1.29, 1.82) is 0 Å². The Morgan fingerprint density at radius 3 is 2.14 bits per heavy atom. The lowest BCUT2D eigenvalue weighted by atomic mass is 9.98. The van der Waals surface area contributed by atoms with Crippen LogP contribution < -0.4 is 5.73 Å². The largest absolute Gasteiger partial charge is 0.427 e. The molecule has 0 aliphatic heterocycles. The van der Waals surface area contributed by atoms with Gasteiger partial charge in [0.2, 0.25) is 6.79 Å². The monoisotopic (exact) mass is 203 g/mol. The van der Waals surface area contributed by atoms with Crippen molar-refractivity contribution in [3.63, 3.8) is 0 Å². The number of carbonyl (C=O) groups excluding carboxylic acids is 2. The highest BCUT2D eigenvalue weighted by atomic mass is 16.7. The molecule has 0 aromatic carbocycles. The van der Waals surface area contributed by atoms with Crippen LogP contribution >= 0.6 is 0 Å². The van der Waals surface area contributed by atoms with E-state index < -0.39 is 23.4 Å². The zero-order valence-electron chi connectivity index (χ0n) is 8.99. The summed E-state index contributed by atoms with van der Waals surface area (Å²) in [7, 11) is 0. The van der Waals surface area contributed by atoms with Crippen LogP contribution in [-0.4, -0.2) is 24.8 Å². The second-order valence-electron chi connectivity index (χ2n) is 4.05. The van der Waals surface area contributed by atoms with Gasteiger partial charge in [-0.05, 0) is 27.7 Å². The number of ether oxygens (including phenoxy) is 2. The highest BCUT2D eigenvalue weighted by Gasteiger charge is 2.23. The molecule has 0 heterocycles. The number of nitrogens with two attached hydrogens (primary N) is 1. The molecule has 0 spiro atoms. The van der Waals surface area contributed by atoms with Gasteiger partial charge in [0, 0.05) is 0 Å². The zero-order chi connectivity index (χ0) is 11.4. The summed E-state index contributed by atoms with van der Waals surface area (Å²) in [5.74, 6) is -1.01. The molecule has 1 atom stereocenters. The summed E-state index contributed by atoms with van der Waals surface area (Å²) < 4.78 is 9.25. The molecule has 2 N–H and O–H groups in total. The van der Waals surface area contributed by atoms with Gasteiger partial charge in [-0.3, -0.25) is 9.59 Å². The van der Waals surface area contributed by atoms with Crippen molar-refractivity contribution in [3.8, 4) is 0 Å². The first kappa shape index (κ1) is 12.9. The lowest BCUT2D eigenvalue weighted by Crippen LogP contribution is -2.31. The van der Waals surface area contributed by atoms with E-state index in [0.717, 1.165) is 0 Å². The van der Waals surface area contributed by atoms with Gasteiger partial charge in [-0.1, -0.05) is 0 Å². The van der Waals surface area contributed by atoms with Crippen LogP contribution in [0.4, 0.5) is 0 Å². The molecule has 0 saturated heterocycles. The summed E-state index contributed by atoms with van der Waals surface area (Å²) in [6.45, 7) is 6.25. The van der Waals surface area contributed by atoms with E-state index in [4.69, 9.17) is 5.73 Å². The summed E-state index contributed by atoms with van der Waals surface area (Å²) in [5, 5.41) is 0. The van der Waals surface area contributed by atoms with Crippen molar-refractivity contribution in [1.82, 2.24) is 0 Å². The molecule has 0 saturated carbocycles. The average Bonchev–Trinajstić information content (AvgIpc) is 2.01. The van der Waals surface area contributed by atoms with Crippen LogP contribution in [0.2, 0.25) is 0 Å². The van der Waals surface area contributed by atoms with E-state index in [0.29, 0.717) is 0 Å². The summed E-state index contributed by atoms with van der Waals surface area (Å²) in [4.78, 5) is 22.0. The third-order valence-corrected chi connectivity index (χ3v) is 1.38. The first-order valence-electron chi connectivity index (χ1n) is 4.34. The Morgan fingerprint density at radius 2 is 1.79 bits per heavy atom. The quantitative estimate of drug-likeness (QED) is 0.531. The Morgan fingerprint density at radius 1 is 1.29 bits per heavy atom. The maximum Gasteiger partial charge on any atom is 0.325 e. The fraction of sp³-hybridized carbons (Fsp3) is 0.778. The fourth-order valence-electron chi connectivity index (χ4n) is 0.489. The zero-order valence-corrected chi connectivity index (χ0v) is 8.99. The van der Waals surface area contributed by atoms with Crippen LogP contribution in [0.3, 0.4) is 0 Å². The molecule has 82 valence electrons. The van der Waals surface area contributed by atoms with Crippen LogP contribution in [0.25, 0.3) is 0 Å². The predicted molar refractivity (Wildman–Crippen MR) is 50.2 cm³/mol. The van der Waals surface area contributed by atoms with Gasteiger partial charge in [0.05, 0.1) is 5.41 Å². The van der Waals surface area contributed by atoms with Gasteiger partial charge in [-0.15, -0.1) is 0 Å². The maximum absolute atomic E-state index is 11.2. The summed E-state index contributed by atoms with van der Waals surface area (Å²) >= 11 is 0. The van der Waals surface area contributed by atoms with Crippen molar-refractivity contribution in [2.45, 2.75) is 33.7 Å². The van der Waals surface area contributed by atoms with Crippen LogP contribution in [0.1, 0.15) is 27.7 Å². The first-order chi connectivity index (χ1) is 6.25. The summed E-state index contributed by atoms with van der Waals surface area (Å²) in [5.41, 5.74) is 4.63. The Hall–Kier alpha value is -1.10. The molecule has 0 radical (unpaired) electrons. The van der Waals surface area contributed by atoms with Crippen molar-refractivity contribution >= 4 is 11.9 Å². The van der Waals surface area contributed by atoms with Gasteiger partial charge in [-0.2, -0.15) is 0 Å². The molecular formula is C9H17NO4. The van der Waals surface area contributed by atoms with Crippen molar-refractivity contribution in [3.05, 3.63) is 0 Å². The maximum atomic E-state index is 11.2. The Kier molecular flexibility index (Phi) is 4.56. The van der Waals surface area contributed by atoms with E-state index in [2.05, 4.69) is 9.47 Å². The SMILES string of the molecule is CC(N)C(=O)OCOC(=O)C(C)(C)C. The van der Waals surface area contributed by atoms with Gasteiger partial charge in [0.1, 0.15) is 6.04 Å². The first-order valence-corrected chi connectivity index (χ1v) is 4.34. The molecule has 0 rings (SSSR count). The Bertz CT molecular complexity index is 217. The fourth-order valence-corrected chi connectivity index (χ4v) is 0.489. The van der Waals surface area contributed by atoms with Gasteiger partial charge in [0.25, 0.3) is 0 Å². The molecule has 0 aromatic heterocycles. The van der Waals surface area contributed by atoms with Crippen LogP contribution in [0.5, 0.6) is 0 Å². The van der Waals surface area contributed by atoms with Crippen molar-refractivity contribution in [2.24, 2.45) is 11.1 Å². The third-order valence-electron chi connectivity index (χ3n) is 1.38. The normalized spacial score (nSPS) is 13.2. The van der Waals surface area contributed by atoms with E-state index >= 15 is 0 Å². The van der Waals surface area contributed by atoms with Gasteiger partial charge >= 0.3 is 11.9 Å². The standard InChI is InChI=1S/C9H17NO4/c1-6(10)7(11)13-5-14-8(12)9(2,3)4/h6H,5,10H2,1-4H3. The molecule has 0 amide bonds. The Labute approximate surface area is 83.5 Å². The minimum Gasteiger partial charge on any atom is -0.427 e. The lowest BCUT2D eigenvalue weighted by molar-refractivity contribution is -0.173. The molecule has 0 aliphatic rings. The van der Waals surface area contributed by atoms with E-state index in [1.807, 2.05) is 0 Å². The average molecular weight is 203 g/mol. The molecule has 0 bridgehead atoms. The van der Waals surface area contributed by atoms with Crippen LogP contribution in [-0.2, 0) is 19.1 Å². The third kappa shape index (κ3) is 4.81. The lowest BCUT2D eigenvalue weighted by Gasteiger charge is -2.16. The molecule has 0 aromatic rings. The summed E-state index contributed by atoms with van der Waals surface area (Å²) in [6.07, 6.45) is 0. The topological polar surface area (TPSA) is 78.6 Å². The van der Waals surface area contributed by atoms with E-state index in [1.165, 1.54) is 6.92 Å². The summed E-state index contributed by atoms with van der Waals surface area (Å²) in [6, 6.07) is -0.705. The van der Waals surface area contributed by atoms with E-state index in [-0.39, 0.29) is 6.79 Å². The van der Waals surface area contributed by atoms with E-state index in [9.17, 15) is 9.59 Å². The molecular weight excluding hydrogens is 186 g/mol. The van der Waals surface area contributed by atoms with Crippen molar-refractivity contribution < 1.29 is 19.1 Å². The van der Waals surface area contributed by atoms with Crippen LogP contribution in [0, 0.1) is 5.41 Å². The Balaban J connectivity index is 3.76. The molecule has 5 heteroatoms. The second kappa shape index (κ2) is 4.95. The van der Waals surface area contributed by atoms with Gasteiger partial charge < -0.3 is 15.2 Å². The van der Waals surface area contributed by atoms with Crippen molar-refractivity contribution in [2.75, 3.05) is 6.79 Å². The predicted octanol–water partition coefficient (Wildman–Crippen LogP) is 0.424. The minimum absolute atomic E-state index is 0.378. The molecule has 1 unspecified atom stereocenters. The number of rotatable bonds is 3. The van der Waals surface area contributed by atoms with Crippen LogP contribution in [0.15, 0.2) is 0 Å². The number of carbonyl (C=O) groups is 2. The number of hydrogen-bond acceptors (Lipinski definition) is 5. The highest BCUT2D eigenvalue weighted by molar-refractivity contribution is 5.76. The second-order valence-corrected chi connectivity index (χ2v) is 4.05. The highest BCUT2D eigenvalue weighted by Crippen LogP contribution is 2.14. The molecule has 5 nitrogen and oxygen atoms in total. The minimum atomic E-state index is -0.705. The van der Waals surface area contributed by atoms with E-state index in [1.54, 1.807) is 20.8 Å². The molecule has 14 heavy (non-hydrogen) atoms. The van der Waals surface area contributed by atoms with Gasteiger partial charge in [0.15, 0.2) is 0 Å². The van der Waals surface area contributed by atoms with Gasteiger partial charge in [-0.25, -0.2) is 0 Å². The number of hydrogen-bond donors (Lipinski definition) is 1. The smallest absolute Gasteiger partial charge is 0.325 e. The molecule has 0 fully saturated rings. The number of esters is 2. The molecule has 0 aliphatic carbocycles.